The lowest BCUT2D eigenvalue weighted by Gasteiger charge is -2.02. The van der Waals surface area contributed by atoms with E-state index in [9.17, 15) is 22.0 Å². The minimum absolute atomic E-state index is 0.286. The van der Waals surface area contributed by atoms with E-state index >= 15 is 0 Å². The molecule has 0 aliphatic rings. The molecule has 6 heteroatoms. The first-order valence-corrected chi connectivity index (χ1v) is 5.30. The number of hydrogen-bond acceptors (Lipinski definition) is 1. The summed E-state index contributed by atoms with van der Waals surface area (Å²) >= 11 is 0. The molecule has 0 bridgehead atoms. The second-order valence-corrected chi connectivity index (χ2v) is 3.82. The van der Waals surface area contributed by atoms with E-state index in [1.54, 1.807) is 6.07 Å². The molecule has 0 saturated heterocycles. The molecular weight excluding hydrogens is 277 g/mol. The van der Waals surface area contributed by atoms with Gasteiger partial charge < -0.3 is 5.73 Å². The summed E-state index contributed by atoms with van der Waals surface area (Å²) < 4.78 is 65.4. The van der Waals surface area contributed by atoms with Gasteiger partial charge >= 0.3 is 0 Å². The third-order valence-electron chi connectivity index (χ3n) is 2.43. The Bertz CT molecular complexity index is 714. The van der Waals surface area contributed by atoms with Gasteiger partial charge in [-0.05, 0) is 18.2 Å². The van der Waals surface area contributed by atoms with Crippen molar-refractivity contribution in [1.29, 1.82) is 0 Å². The predicted molar refractivity (Wildman–Crippen MR) is 63.1 cm³/mol. The van der Waals surface area contributed by atoms with Crippen LogP contribution in [0.3, 0.4) is 0 Å². The van der Waals surface area contributed by atoms with Crippen molar-refractivity contribution in [1.82, 2.24) is 0 Å². The molecule has 0 atom stereocenters. The van der Waals surface area contributed by atoms with E-state index in [-0.39, 0.29) is 5.56 Å². The molecule has 0 fully saturated rings. The topological polar surface area (TPSA) is 26.0 Å². The number of benzene rings is 2. The van der Waals surface area contributed by atoms with Crippen molar-refractivity contribution in [2.45, 2.75) is 0 Å². The van der Waals surface area contributed by atoms with E-state index in [2.05, 4.69) is 5.92 Å². The van der Waals surface area contributed by atoms with Crippen LogP contribution in [0, 0.1) is 40.9 Å². The summed E-state index contributed by atoms with van der Waals surface area (Å²) in [6.45, 7) is 0. The first-order valence-electron chi connectivity index (χ1n) is 5.30. The van der Waals surface area contributed by atoms with Crippen LogP contribution < -0.4 is 5.73 Å². The average Bonchev–Trinajstić information content (AvgIpc) is 2.43. The second kappa shape index (κ2) is 5.21. The zero-order valence-corrected chi connectivity index (χ0v) is 9.78. The highest BCUT2D eigenvalue weighted by Crippen LogP contribution is 2.22. The Morgan fingerprint density at radius 1 is 0.750 bits per heavy atom. The van der Waals surface area contributed by atoms with Crippen LogP contribution >= 0.6 is 0 Å². The van der Waals surface area contributed by atoms with Crippen molar-refractivity contribution in [3.8, 4) is 11.8 Å². The number of hydrogen-bond donors (Lipinski definition) is 1. The molecule has 20 heavy (non-hydrogen) atoms. The van der Waals surface area contributed by atoms with Crippen LogP contribution in [-0.4, -0.2) is 0 Å². The quantitative estimate of drug-likeness (QED) is 0.259. The van der Waals surface area contributed by atoms with Gasteiger partial charge in [-0.1, -0.05) is 17.9 Å². The summed E-state index contributed by atoms with van der Waals surface area (Å²) in [5.41, 5.74) is 4.93. The summed E-state index contributed by atoms with van der Waals surface area (Å²) in [5.74, 6) is -5.97. The van der Waals surface area contributed by atoms with E-state index in [1.165, 1.54) is 18.2 Å². The van der Waals surface area contributed by atoms with Crippen LogP contribution in [-0.2, 0) is 0 Å². The van der Waals surface area contributed by atoms with Gasteiger partial charge in [-0.25, -0.2) is 22.0 Å². The Hall–Kier alpha value is -2.55. The Labute approximate surface area is 110 Å². The molecule has 0 radical (unpaired) electrons. The van der Waals surface area contributed by atoms with Gasteiger partial charge in [0.25, 0.3) is 0 Å². The van der Waals surface area contributed by atoms with E-state index in [4.69, 9.17) is 5.73 Å². The smallest absolute Gasteiger partial charge is 0.200 e. The summed E-state index contributed by atoms with van der Waals surface area (Å²) in [7, 11) is 0. The summed E-state index contributed by atoms with van der Waals surface area (Å²) in [4.78, 5) is 0. The van der Waals surface area contributed by atoms with Gasteiger partial charge in [0.15, 0.2) is 23.3 Å². The Balaban J connectivity index is 2.56. The summed E-state index contributed by atoms with van der Waals surface area (Å²) in [6, 6.07) is 5.98. The number of nitrogens with two attached hydrogens (primary N) is 1. The lowest BCUT2D eigenvalue weighted by atomic mass is 10.1. The molecule has 2 aromatic rings. The van der Waals surface area contributed by atoms with Crippen molar-refractivity contribution in [3.63, 3.8) is 0 Å². The lowest BCUT2D eigenvalue weighted by Crippen LogP contribution is -2.04. The fourth-order valence-electron chi connectivity index (χ4n) is 1.47. The van der Waals surface area contributed by atoms with Crippen LogP contribution in [0.2, 0.25) is 0 Å². The predicted octanol–water partition coefficient (Wildman–Crippen LogP) is 3.36. The maximum absolute atomic E-state index is 13.3. The van der Waals surface area contributed by atoms with Gasteiger partial charge in [-0.2, -0.15) is 0 Å². The van der Waals surface area contributed by atoms with E-state index in [0.29, 0.717) is 5.69 Å². The van der Waals surface area contributed by atoms with E-state index in [0.717, 1.165) is 0 Å². The van der Waals surface area contributed by atoms with Crippen LogP contribution in [0.1, 0.15) is 11.1 Å². The summed E-state index contributed by atoms with van der Waals surface area (Å²) in [5, 5.41) is 0. The number of halogens is 5. The van der Waals surface area contributed by atoms with Gasteiger partial charge in [0.2, 0.25) is 5.82 Å². The Morgan fingerprint density at radius 2 is 1.30 bits per heavy atom. The normalized spacial score (nSPS) is 10.1. The molecule has 0 spiro atoms. The molecule has 2 N–H and O–H groups in total. The number of nitrogen functional groups attached to an aromatic ring is 1. The second-order valence-electron chi connectivity index (χ2n) is 3.82. The molecule has 0 heterocycles. The standard InChI is InChI=1S/C14H6F5N/c15-10-9(11(16)13(18)14(19)12(10)17)5-4-7-2-1-3-8(20)6-7/h1-3,6H,20H2. The highest BCUT2D eigenvalue weighted by Gasteiger charge is 2.24. The number of anilines is 1. The maximum Gasteiger partial charge on any atom is 0.200 e. The first-order chi connectivity index (χ1) is 9.41. The lowest BCUT2D eigenvalue weighted by molar-refractivity contribution is 0.376. The average molecular weight is 283 g/mol. The molecule has 0 aromatic heterocycles. The van der Waals surface area contributed by atoms with Crippen LogP contribution in [0.5, 0.6) is 0 Å². The molecule has 0 unspecified atom stereocenters. The highest BCUT2D eigenvalue weighted by atomic mass is 19.2. The Kier molecular flexibility index (Phi) is 3.61. The van der Waals surface area contributed by atoms with Crippen molar-refractivity contribution in [2.24, 2.45) is 0 Å². The zero-order chi connectivity index (χ0) is 14.9. The molecule has 0 aliphatic carbocycles. The first kappa shape index (κ1) is 13.9. The van der Waals surface area contributed by atoms with Crippen molar-refractivity contribution >= 4 is 5.69 Å². The fourth-order valence-corrected chi connectivity index (χ4v) is 1.47. The molecular formula is C14H6F5N. The number of rotatable bonds is 0. The largest absolute Gasteiger partial charge is 0.399 e. The molecule has 2 aromatic carbocycles. The highest BCUT2D eigenvalue weighted by molar-refractivity contribution is 5.50. The van der Waals surface area contributed by atoms with Crippen molar-refractivity contribution in [3.05, 3.63) is 64.5 Å². The van der Waals surface area contributed by atoms with E-state index in [1.807, 2.05) is 5.92 Å². The van der Waals surface area contributed by atoms with Crippen LogP contribution in [0.4, 0.5) is 27.6 Å². The van der Waals surface area contributed by atoms with Crippen LogP contribution in [0.25, 0.3) is 0 Å². The molecule has 0 saturated carbocycles. The zero-order valence-electron chi connectivity index (χ0n) is 9.78. The Morgan fingerprint density at radius 3 is 1.85 bits per heavy atom. The van der Waals surface area contributed by atoms with Gasteiger partial charge in [0.1, 0.15) is 5.56 Å². The maximum atomic E-state index is 13.3. The van der Waals surface area contributed by atoms with Gasteiger partial charge in [-0.15, -0.1) is 0 Å². The van der Waals surface area contributed by atoms with Gasteiger partial charge in [0.05, 0.1) is 0 Å². The monoisotopic (exact) mass is 283 g/mol. The molecule has 1 nitrogen and oxygen atoms in total. The molecule has 0 amide bonds. The third-order valence-corrected chi connectivity index (χ3v) is 2.43. The van der Waals surface area contributed by atoms with Crippen molar-refractivity contribution < 1.29 is 22.0 Å². The van der Waals surface area contributed by atoms with Gasteiger partial charge in [-0.3, -0.25) is 0 Å². The minimum atomic E-state index is -2.21. The fraction of sp³-hybridized carbons (Fsp3) is 0. The van der Waals surface area contributed by atoms with E-state index < -0.39 is 34.6 Å². The SMILES string of the molecule is Nc1cccc(C#Cc2c(F)c(F)c(F)c(F)c2F)c1. The van der Waals surface area contributed by atoms with Gasteiger partial charge in [0, 0.05) is 11.3 Å². The molecule has 2 rings (SSSR count). The minimum Gasteiger partial charge on any atom is -0.399 e. The third kappa shape index (κ3) is 2.43. The van der Waals surface area contributed by atoms with Crippen molar-refractivity contribution in [2.75, 3.05) is 5.73 Å². The summed E-state index contributed by atoms with van der Waals surface area (Å²) in [6.07, 6.45) is 0. The van der Waals surface area contributed by atoms with Crippen LogP contribution in [0.15, 0.2) is 24.3 Å². The molecule has 102 valence electrons. The molecule has 0 aliphatic heterocycles.